The van der Waals surface area contributed by atoms with Crippen LogP contribution in [0.15, 0.2) is 24.3 Å². The smallest absolute Gasteiger partial charge is 0.303 e. The van der Waals surface area contributed by atoms with Crippen molar-refractivity contribution < 1.29 is 22.5 Å². The Balaban J connectivity index is 2.26. The van der Waals surface area contributed by atoms with Gasteiger partial charge in [0, 0.05) is 6.42 Å². The third-order valence-electron chi connectivity index (χ3n) is 3.36. The highest BCUT2D eigenvalue weighted by Crippen LogP contribution is 2.15. The number of carbonyl (C=O) groups is 1. The molecule has 6 heteroatoms. The number of aryl methyl sites for hydroxylation is 2. The molecule has 1 N–H and O–H groups in total. The van der Waals surface area contributed by atoms with E-state index in [1.165, 1.54) is 5.56 Å². The minimum atomic E-state index is -3.33. The van der Waals surface area contributed by atoms with Gasteiger partial charge in [-0.3, -0.25) is 8.98 Å². The van der Waals surface area contributed by atoms with Crippen LogP contribution in [0.25, 0.3) is 0 Å². The molecular weight excluding hydrogens is 304 g/mol. The number of hydrogen-bond acceptors (Lipinski definition) is 4. The second-order valence-electron chi connectivity index (χ2n) is 5.35. The van der Waals surface area contributed by atoms with Crippen molar-refractivity contribution in [3.63, 3.8) is 0 Å². The summed E-state index contributed by atoms with van der Waals surface area (Å²) in [4.78, 5) is 10.7. The third-order valence-corrected chi connectivity index (χ3v) is 3.96. The third kappa shape index (κ3) is 8.79. The molecule has 0 atom stereocenters. The molecule has 0 spiro atoms. The zero-order chi connectivity index (χ0) is 16.4. The Morgan fingerprint density at radius 1 is 1.05 bits per heavy atom. The second kappa shape index (κ2) is 9.58. The summed E-state index contributed by atoms with van der Waals surface area (Å²) < 4.78 is 26.3. The highest BCUT2D eigenvalue weighted by Gasteiger charge is 2.05. The number of benzene rings is 1. The van der Waals surface area contributed by atoms with Crippen molar-refractivity contribution in [1.82, 2.24) is 0 Å². The first-order chi connectivity index (χ1) is 10.4. The predicted molar refractivity (Wildman–Crippen MR) is 85.4 cm³/mol. The molecule has 0 aromatic heterocycles. The van der Waals surface area contributed by atoms with Gasteiger partial charge in [-0.15, -0.1) is 0 Å². The molecule has 5 nitrogen and oxygen atoms in total. The normalized spacial score (nSPS) is 11.5. The van der Waals surface area contributed by atoms with Gasteiger partial charge in [-0.2, -0.15) is 8.42 Å². The maximum Gasteiger partial charge on any atom is 0.303 e. The second-order valence-corrected chi connectivity index (χ2v) is 7.00. The molecule has 0 radical (unpaired) electrons. The van der Waals surface area contributed by atoms with Crippen molar-refractivity contribution in [1.29, 1.82) is 0 Å². The van der Waals surface area contributed by atoms with E-state index in [1.54, 1.807) is 0 Å². The summed E-state index contributed by atoms with van der Waals surface area (Å²) in [7, 11) is -3.33. The van der Waals surface area contributed by atoms with E-state index in [9.17, 15) is 13.2 Å². The number of unbranched alkanes of at least 4 members (excludes halogenated alkanes) is 3. The van der Waals surface area contributed by atoms with Crippen LogP contribution >= 0.6 is 0 Å². The highest BCUT2D eigenvalue weighted by molar-refractivity contribution is 7.85. The molecule has 0 aliphatic carbocycles. The zero-order valence-corrected chi connectivity index (χ0v) is 13.8. The van der Waals surface area contributed by atoms with Crippen LogP contribution in [0.2, 0.25) is 0 Å². The fourth-order valence-corrected chi connectivity index (χ4v) is 2.69. The van der Waals surface area contributed by atoms with E-state index in [2.05, 4.69) is 4.18 Å². The van der Waals surface area contributed by atoms with Gasteiger partial charge in [0.1, 0.15) is 0 Å². The van der Waals surface area contributed by atoms with E-state index in [-0.39, 0.29) is 13.0 Å². The summed E-state index contributed by atoms with van der Waals surface area (Å²) in [6.07, 6.45) is 6.35. The molecule has 0 saturated carbocycles. The molecule has 1 aromatic rings. The lowest BCUT2D eigenvalue weighted by molar-refractivity contribution is -0.136. The van der Waals surface area contributed by atoms with Gasteiger partial charge in [0.05, 0.1) is 12.9 Å². The number of rotatable bonds is 11. The van der Waals surface area contributed by atoms with Crippen LogP contribution < -0.4 is 0 Å². The van der Waals surface area contributed by atoms with Crippen molar-refractivity contribution in [2.24, 2.45) is 0 Å². The van der Waals surface area contributed by atoms with Crippen LogP contribution in [0.1, 0.15) is 43.2 Å². The van der Waals surface area contributed by atoms with E-state index in [4.69, 9.17) is 5.11 Å². The number of carboxylic acids is 1. The van der Waals surface area contributed by atoms with Gasteiger partial charge >= 0.3 is 5.97 Å². The minimum absolute atomic E-state index is 0.153. The first kappa shape index (κ1) is 18.6. The summed E-state index contributed by atoms with van der Waals surface area (Å²) in [5.74, 6) is -0.777. The lowest BCUT2D eigenvalue weighted by Gasteiger charge is -2.08. The topological polar surface area (TPSA) is 80.7 Å². The summed E-state index contributed by atoms with van der Waals surface area (Å²) in [6.45, 7) is 0.244. The van der Waals surface area contributed by atoms with E-state index >= 15 is 0 Å². The van der Waals surface area contributed by atoms with Crippen molar-refractivity contribution in [3.8, 4) is 0 Å². The Morgan fingerprint density at radius 3 is 2.23 bits per heavy atom. The van der Waals surface area contributed by atoms with Crippen molar-refractivity contribution in [2.75, 3.05) is 12.9 Å². The Bertz CT molecular complexity index is 566. The molecule has 0 heterocycles. The van der Waals surface area contributed by atoms with Crippen molar-refractivity contribution in [3.05, 3.63) is 35.4 Å². The predicted octanol–water partition coefficient (Wildman–Crippen LogP) is 2.78. The molecule has 0 saturated heterocycles. The molecule has 22 heavy (non-hydrogen) atoms. The van der Waals surface area contributed by atoms with E-state index in [1.807, 2.05) is 24.3 Å². The van der Waals surface area contributed by atoms with Crippen LogP contribution in [0.5, 0.6) is 0 Å². The molecule has 0 fully saturated rings. The zero-order valence-electron chi connectivity index (χ0n) is 13.0. The lowest BCUT2D eigenvalue weighted by Crippen LogP contribution is -2.04. The highest BCUT2D eigenvalue weighted by atomic mass is 32.2. The van der Waals surface area contributed by atoms with Gasteiger partial charge in [0.25, 0.3) is 10.1 Å². The molecular formula is C16H24O5S. The fourth-order valence-electron chi connectivity index (χ4n) is 2.27. The van der Waals surface area contributed by atoms with Crippen molar-refractivity contribution in [2.45, 2.75) is 44.9 Å². The molecule has 0 unspecified atom stereocenters. The van der Waals surface area contributed by atoms with E-state index in [0.717, 1.165) is 43.9 Å². The largest absolute Gasteiger partial charge is 0.481 e. The molecule has 0 bridgehead atoms. The lowest BCUT2D eigenvalue weighted by atomic mass is 9.98. The Hall–Kier alpha value is -1.40. The summed E-state index contributed by atoms with van der Waals surface area (Å²) >= 11 is 0. The number of hydrogen-bond donors (Lipinski definition) is 1. The van der Waals surface area contributed by atoms with Gasteiger partial charge in [-0.1, -0.05) is 37.1 Å². The van der Waals surface area contributed by atoms with Crippen LogP contribution in [0, 0.1) is 0 Å². The van der Waals surface area contributed by atoms with Crippen molar-refractivity contribution >= 4 is 16.1 Å². The minimum Gasteiger partial charge on any atom is -0.481 e. The molecule has 0 aliphatic rings. The van der Waals surface area contributed by atoms with Gasteiger partial charge in [-0.05, 0) is 36.8 Å². The first-order valence-corrected chi connectivity index (χ1v) is 9.33. The molecule has 1 aromatic carbocycles. The molecule has 1 rings (SSSR count). The summed E-state index contributed by atoms with van der Waals surface area (Å²) in [6, 6.07) is 7.94. The van der Waals surface area contributed by atoms with Crippen LogP contribution in [0.4, 0.5) is 0 Å². The maximum atomic E-state index is 10.8. The van der Waals surface area contributed by atoms with Crippen LogP contribution in [0.3, 0.4) is 0 Å². The fraction of sp³-hybridized carbons (Fsp3) is 0.562. The molecule has 0 aliphatic heterocycles. The number of carboxylic acid groups (broad SMARTS) is 1. The Kier molecular flexibility index (Phi) is 8.12. The maximum absolute atomic E-state index is 10.8. The van der Waals surface area contributed by atoms with Gasteiger partial charge in [0.15, 0.2) is 0 Å². The quantitative estimate of drug-likeness (QED) is 0.499. The number of aliphatic carboxylic acids is 1. The Labute approximate surface area is 132 Å². The summed E-state index contributed by atoms with van der Waals surface area (Å²) in [5, 5.41) is 8.76. The van der Waals surface area contributed by atoms with Crippen LogP contribution in [-0.4, -0.2) is 32.4 Å². The SMILES string of the molecule is CS(=O)(=O)OCCCCCCc1ccccc1CCC(=O)O. The van der Waals surface area contributed by atoms with Gasteiger partial charge < -0.3 is 5.11 Å². The van der Waals surface area contributed by atoms with E-state index < -0.39 is 16.1 Å². The average Bonchev–Trinajstić information content (AvgIpc) is 2.44. The molecule has 124 valence electrons. The van der Waals surface area contributed by atoms with Gasteiger partial charge in [-0.25, -0.2) is 0 Å². The monoisotopic (exact) mass is 328 g/mol. The van der Waals surface area contributed by atoms with Crippen LogP contribution in [-0.2, 0) is 31.9 Å². The molecule has 0 amide bonds. The van der Waals surface area contributed by atoms with E-state index in [0.29, 0.717) is 6.42 Å². The standard InChI is InChI=1S/C16H24O5S/c1-22(19,20)21-13-7-3-2-4-8-14-9-5-6-10-15(14)11-12-16(17)18/h5-6,9-10H,2-4,7-8,11-13H2,1H3,(H,17,18). The van der Waals surface area contributed by atoms with Gasteiger partial charge in [0.2, 0.25) is 0 Å². The summed E-state index contributed by atoms with van der Waals surface area (Å²) in [5.41, 5.74) is 2.31. The first-order valence-electron chi connectivity index (χ1n) is 7.51. The average molecular weight is 328 g/mol. The Morgan fingerprint density at radius 2 is 1.64 bits per heavy atom.